The number of ether oxygens (including phenoxy) is 1. The Morgan fingerprint density at radius 3 is 2.70 bits per heavy atom. The highest BCUT2D eigenvalue weighted by atomic mass is 16.5. The van der Waals surface area contributed by atoms with Gasteiger partial charge in [-0.1, -0.05) is 0 Å². The third-order valence-electron chi connectivity index (χ3n) is 3.60. The van der Waals surface area contributed by atoms with E-state index in [1.165, 1.54) is 0 Å². The van der Waals surface area contributed by atoms with Gasteiger partial charge in [-0.15, -0.1) is 0 Å². The summed E-state index contributed by atoms with van der Waals surface area (Å²) in [6.45, 7) is 6.24. The number of aryl methyl sites for hydroxylation is 2. The number of carbonyl (C=O) groups is 2. The molecule has 0 saturated carbocycles. The Kier molecular flexibility index (Phi) is 5.33. The Balaban J connectivity index is 2.00. The van der Waals surface area contributed by atoms with Gasteiger partial charge >= 0.3 is 6.03 Å². The second kappa shape index (κ2) is 7.23. The average Bonchev–Trinajstić information content (AvgIpc) is 2.81. The number of imide groups is 1. The second-order valence-corrected chi connectivity index (χ2v) is 5.68. The van der Waals surface area contributed by atoms with E-state index >= 15 is 0 Å². The minimum Gasteiger partial charge on any atom is -0.383 e. The van der Waals surface area contributed by atoms with Gasteiger partial charge in [-0.25, -0.2) is 9.78 Å². The van der Waals surface area contributed by atoms with E-state index in [1.807, 2.05) is 26.0 Å². The summed E-state index contributed by atoms with van der Waals surface area (Å²) < 4.78 is 6.65. The van der Waals surface area contributed by atoms with E-state index in [-0.39, 0.29) is 12.6 Å². The van der Waals surface area contributed by atoms with Crippen molar-refractivity contribution in [3.63, 3.8) is 0 Å². The van der Waals surface area contributed by atoms with Crippen molar-refractivity contribution in [2.45, 2.75) is 33.4 Å². The SMILES string of the molecule is COC[C@@H](C)NC(=O)NC(=O)Cn1cnc2cc(C)c(C)cc21. The quantitative estimate of drug-likeness (QED) is 0.875. The smallest absolute Gasteiger partial charge is 0.321 e. The number of benzene rings is 1. The van der Waals surface area contributed by atoms with Crippen molar-refractivity contribution in [1.29, 1.82) is 0 Å². The summed E-state index contributed by atoms with van der Waals surface area (Å²) in [6, 6.07) is 3.27. The van der Waals surface area contributed by atoms with Gasteiger partial charge in [0.05, 0.1) is 30.0 Å². The van der Waals surface area contributed by atoms with Gasteiger partial charge in [-0.05, 0) is 44.0 Å². The van der Waals surface area contributed by atoms with E-state index in [0.717, 1.165) is 22.2 Å². The number of hydrogen-bond acceptors (Lipinski definition) is 4. The molecule has 1 aromatic carbocycles. The maximum atomic E-state index is 12.0. The number of nitrogens with one attached hydrogen (secondary N) is 2. The molecular weight excluding hydrogens is 296 g/mol. The van der Waals surface area contributed by atoms with Gasteiger partial charge in [0.1, 0.15) is 6.54 Å². The Morgan fingerprint density at radius 1 is 1.30 bits per heavy atom. The lowest BCUT2D eigenvalue weighted by atomic mass is 10.1. The van der Waals surface area contributed by atoms with Crippen molar-refractivity contribution in [3.05, 3.63) is 29.6 Å². The predicted molar refractivity (Wildman–Crippen MR) is 87.2 cm³/mol. The summed E-state index contributed by atoms with van der Waals surface area (Å²) >= 11 is 0. The van der Waals surface area contributed by atoms with E-state index in [4.69, 9.17) is 4.74 Å². The van der Waals surface area contributed by atoms with Gasteiger partial charge in [-0.2, -0.15) is 0 Å². The molecule has 0 spiro atoms. The highest BCUT2D eigenvalue weighted by molar-refractivity contribution is 5.94. The van der Waals surface area contributed by atoms with Crippen molar-refractivity contribution in [2.75, 3.05) is 13.7 Å². The van der Waals surface area contributed by atoms with Gasteiger partial charge in [0.15, 0.2) is 0 Å². The summed E-state index contributed by atoms with van der Waals surface area (Å²) in [7, 11) is 1.55. The van der Waals surface area contributed by atoms with Crippen molar-refractivity contribution < 1.29 is 14.3 Å². The van der Waals surface area contributed by atoms with Crippen LogP contribution in [0.3, 0.4) is 0 Å². The average molecular weight is 318 g/mol. The number of rotatable bonds is 5. The van der Waals surface area contributed by atoms with Gasteiger partial charge in [0.25, 0.3) is 0 Å². The highest BCUT2D eigenvalue weighted by Crippen LogP contribution is 2.18. The first kappa shape index (κ1) is 17.0. The van der Waals surface area contributed by atoms with E-state index in [9.17, 15) is 9.59 Å². The molecule has 7 nitrogen and oxygen atoms in total. The van der Waals surface area contributed by atoms with Crippen LogP contribution in [0.5, 0.6) is 0 Å². The number of urea groups is 1. The zero-order valence-electron chi connectivity index (χ0n) is 13.8. The number of hydrogen-bond donors (Lipinski definition) is 2. The third-order valence-corrected chi connectivity index (χ3v) is 3.60. The van der Waals surface area contributed by atoms with E-state index in [1.54, 1.807) is 24.9 Å². The molecule has 0 bridgehead atoms. The van der Waals surface area contributed by atoms with Crippen LogP contribution in [0.2, 0.25) is 0 Å². The van der Waals surface area contributed by atoms with Crippen molar-refractivity contribution >= 4 is 23.0 Å². The fourth-order valence-corrected chi connectivity index (χ4v) is 2.31. The summed E-state index contributed by atoms with van der Waals surface area (Å²) in [6.07, 6.45) is 1.61. The number of amides is 3. The molecule has 7 heteroatoms. The van der Waals surface area contributed by atoms with Crippen molar-refractivity contribution in [3.8, 4) is 0 Å². The van der Waals surface area contributed by atoms with Crippen LogP contribution in [-0.2, 0) is 16.1 Å². The van der Waals surface area contributed by atoms with Crippen molar-refractivity contribution in [2.24, 2.45) is 0 Å². The lowest BCUT2D eigenvalue weighted by molar-refractivity contribution is -0.120. The Morgan fingerprint density at radius 2 is 2.00 bits per heavy atom. The van der Waals surface area contributed by atoms with Crippen LogP contribution in [0.15, 0.2) is 18.5 Å². The second-order valence-electron chi connectivity index (χ2n) is 5.68. The minimum absolute atomic E-state index is 0.0328. The molecule has 0 aliphatic heterocycles. The van der Waals surface area contributed by atoms with E-state index in [0.29, 0.717) is 6.61 Å². The molecule has 0 unspecified atom stereocenters. The van der Waals surface area contributed by atoms with Crippen LogP contribution >= 0.6 is 0 Å². The van der Waals surface area contributed by atoms with Crippen molar-refractivity contribution in [1.82, 2.24) is 20.2 Å². The molecule has 3 amide bonds. The molecule has 0 fully saturated rings. The zero-order valence-corrected chi connectivity index (χ0v) is 13.8. The van der Waals surface area contributed by atoms with Crippen LogP contribution in [0.1, 0.15) is 18.1 Å². The molecule has 0 aliphatic carbocycles. The van der Waals surface area contributed by atoms with Crippen LogP contribution < -0.4 is 10.6 Å². The molecule has 0 radical (unpaired) electrons. The van der Waals surface area contributed by atoms with Gasteiger partial charge < -0.3 is 14.6 Å². The summed E-state index contributed by atoms with van der Waals surface area (Å²) in [5.74, 6) is -0.398. The van der Waals surface area contributed by atoms with Crippen LogP contribution in [0.25, 0.3) is 11.0 Å². The topological polar surface area (TPSA) is 85.3 Å². The van der Waals surface area contributed by atoms with Gasteiger partial charge in [0.2, 0.25) is 5.91 Å². The number of imidazole rings is 1. The summed E-state index contributed by atoms with van der Waals surface area (Å²) in [5, 5.41) is 4.93. The van der Waals surface area contributed by atoms with Gasteiger partial charge in [0, 0.05) is 7.11 Å². The maximum absolute atomic E-state index is 12.0. The van der Waals surface area contributed by atoms with E-state index < -0.39 is 11.9 Å². The molecular formula is C16H22N4O3. The number of nitrogens with zero attached hydrogens (tertiary/aromatic N) is 2. The van der Waals surface area contributed by atoms with Crippen LogP contribution in [0.4, 0.5) is 4.79 Å². The van der Waals surface area contributed by atoms with Crippen LogP contribution in [-0.4, -0.2) is 41.2 Å². The maximum Gasteiger partial charge on any atom is 0.321 e. The molecule has 1 aromatic heterocycles. The number of carbonyl (C=O) groups excluding carboxylic acids is 2. The van der Waals surface area contributed by atoms with Crippen LogP contribution in [0, 0.1) is 13.8 Å². The molecule has 2 N–H and O–H groups in total. The summed E-state index contributed by atoms with van der Waals surface area (Å²) in [5.41, 5.74) is 3.99. The highest BCUT2D eigenvalue weighted by Gasteiger charge is 2.13. The fraction of sp³-hybridized carbons (Fsp3) is 0.438. The predicted octanol–water partition coefficient (Wildman–Crippen LogP) is 1.51. The zero-order chi connectivity index (χ0) is 17.0. The molecule has 0 aliphatic rings. The Bertz CT molecular complexity index is 723. The number of aromatic nitrogens is 2. The standard InChI is InChI=1S/C16H22N4O3/c1-10-5-13-14(6-11(10)2)20(9-17-13)7-15(21)19-16(22)18-12(3)8-23-4/h5-6,9,12H,7-8H2,1-4H3,(H2,18,19,21,22)/t12-/m1/s1. The molecule has 2 rings (SSSR count). The minimum atomic E-state index is -0.531. The summed E-state index contributed by atoms with van der Waals surface area (Å²) in [4.78, 5) is 28.0. The first-order chi connectivity index (χ1) is 10.9. The third kappa shape index (κ3) is 4.29. The lowest BCUT2D eigenvalue weighted by Gasteiger charge is -2.13. The van der Waals surface area contributed by atoms with Gasteiger partial charge in [-0.3, -0.25) is 10.1 Å². The number of fused-ring (bicyclic) bond motifs is 1. The first-order valence-electron chi connectivity index (χ1n) is 7.42. The first-order valence-corrected chi connectivity index (χ1v) is 7.42. The number of methoxy groups -OCH3 is 1. The molecule has 1 atom stereocenters. The monoisotopic (exact) mass is 318 g/mol. The van der Waals surface area contributed by atoms with E-state index in [2.05, 4.69) is 15.6 Å². The lowest BCUT2D eigenvalue weighted by Crippen LogP contribution is -2.45. The molecule has 23 heavy (non-hydrogen) atoms. The largest absolute Gasteiger partial charge is 0.383 e. The molecule has 2 aromatic rings. The fourth-order valence-electron chi connectivity index (χ4n) is 2.31. The Hall–Kier alpha value is -2.41. The molecule has 1 heterocycles. The normalized spacial score (nSPS) is 12.2. The molecule has 0 saturated heterocycles. The molecule has 124 valence electrons. The Labute approximate surface area is 135 Å².